The van der Waals surface area contributed by atoms with Crippen LogP contribution in [0, 0.1) is 6.92 Å². The van der Waals surface area contributed by atoms with E-state index >= 15 is 0 Å². The molecular formula is C28H32BrN3O5S. The van der Waals surface area contributed by atoms with Crippen LogP contribution >= 0.6 is 15.9 Å². The lowest BCUT2D eigenvalue weighted by atomic mass is 10.1. The first-order valence-electron chi connectivity index (χ1n) is 12.1. The van der Waals surface area contributed by atoms with Crippen molar-refractivity contribution in [1.29, 1.82) is 0 Å². The van der Waals surface area contributed by atoms with E-state index in [4.69, 9.17) is 4.74 Å². The Balaban J connectivity index is 2.04. The van der Waals surface area contributed by atoms with E-state index in [0.717, 1.165) is 19.9 Å². The molecule has 0 saturated heterocycles. The number of rotatable bonds is 11. The van der Waals surface area contributed by atoms with Crippen molar-refractivity contribution in [2.45, 2.75) is 38.3 Å². The number of amides is 2. The zero-order valence-electron chi connectivity index (χ0n) is 21.8. The van der Waals surface area contributed by atoms with Crippen molar-refractivity contribution in [3.05, 3.63) is 88.4 Å². The molecule has 202 valence electrons. The predicted molar refractivity (Wildman–Crippen MR) is 152 cm³/mol. The van der Waals surface area contributed by atoms with Gasteiger partial charge in [-0.1, -0.05) is 40.2 Å². The third kappa shape index (κ3) is 6.93. The number of ether oxygens (including phenoxy) is 1. The minimum Gasteiger partial charge on any atom is -0.494 e. The molecule has 0 saturated carbocycles. The minimum atomic E-state index is -4.13. The minimum absolute atomic E-state index is 0.0344. The van der Waals surface area contributed by atoms with Gasteiger partial charge in [0.1, 0.15) is 18.3 Å². The Kier molecular flexibility index (Phi) is 9.93. The van der Waals surface area contributed by atoms with Crippen molar-refractivity contribution in [3.8, 4) is 5.75 Å². The molecule has 1 N–H and O–H groups in total. The molecule has 8 nitrogen and oxygen atoms in total. The molecule has 3 rings (SSSR count). The first kappa shape index (κ1) is 29.2. The Bertz CT molecular complexity index is 1360. The Morgan fingerprint density at radius 2 is 1.63 bits per heavy atom. The summed E-state index contributed by atoms with van der Waals surface area (Å²) >= 11 is 3.33. The normalized spacial score (nSPS) is 11.9. The van der Waals surface area contributed by atoms with E-state index in [-0.39, 0.29) is 17.3 Å². The highest BCUT2D eigenvalue weighted by Gasteiger charge is 2.32. The zero-order valence-corrected chi connectivity index (χ0v) is 24.3. The molecule has 0 radical (unpaired) electrons. The van der Waals surface area contributed by atoms with Crippen molar-refractivity contribution >= 4 is 43.5 Å². The molecule has 0 spiro atoms. The van der Waals surface area contributed by atoms with Crippen molar-refractivity contribution in [2.75, 3.05) is 24.5 Å². The molecular weight excluding hydrogens is 570 g/mol. The number of likely N-dealkylation sites (N-methyl/N-ethyl adjacent to an activating group) is 1. The summed E-state index contributed by atoms with van der Waals surface area (Å²) in [5.74, 6) is -0.285. The zero-order chi connectivity index (χ0) is 27.9. The number of carbonyl (C=O) groups excluding carboxylic acids is 2. The lowest BCUT2D eigenvalue weighted by Gasteiger charge is -2.32. The molecule has 1 atom stereocenters. The number of benzene rings is 3. The van der Waals surface area contributed by atoms with Crippen LogP contribution < -0.4 is 14.4 Å². The second kappa shape index (κ2) is 12.9. The summed E-state index contributed by atoms with van der Waals surface area (Å²) in [7, 11) is -2.63. The summed E-state index contributed by atoms with van der Waals surface area (Å²) in [4.78, 5) is 27.8. The number of hydrogen-bond donors (Lipinski definition) is 1. The van der Waals surface area contributed by atoms with E-state index in [2.05, 4.69) is 21.2 Å². The number of nitrogens with zero attached hydrogens (tertiary/aromatic N) is 2. The van der Waals surface area contributed by atoms with Gasteiger partial charge in [0.25, 0.3) is 10.0 Å². The molecule has 1 unspecified atom stereocenters. The molecule has 3 aromatic carbocycles. The second-order valence-electron chi connectivity index (χ2n) is 8.63. The number of anilines is 1. The van der Waals surface area contributed by atoms with Crippen LogP contribution in [0.15, 0.2) is 82.2 Å². The van der Waals surface area contributed by atoms with Gasteiger partial charge in [-0.2, -0.15) is 0 Å². The summed E-state index contributed by atoms with van der Waals surface area (Å²) in [5.41, 5.74) is 2.12. The maximum atomic E-state index is 13.8. The van der Waals surface area contributed by atoms with E-state index < -0.39 is 28.5 Å². The molecule has 0 aliphatic heterocycles. The smallest absolute Gasteiger partial charge is 0.264 e. The molecule has 0 aliphatic carbocycles. The molecule has 10 heteroatoms. The van der Waals surface area contributed by atoms with Gasteiger partial charge in [0.2, 0.25) is 11.8 Å². The van der Waals surface area contributed by atoms with Gasteiger partial charge in [-0.05, 0) is 80.4 Å². The van der Waals surface area contributed by atoms with Crippen LogP contribution in [0.5, 0.6) is 5.75 Å². The molecule has 0 fully saturated rings. The summed E-state index contributed by atoms with van der Waals surface area (Å²) in [6.45, 7) is 5.51. The predicted octanol–water partition coefficient (Wildman–Crippen LogP) is 4.51. The van der Waals surface area contributed by atoms with E-state index in [9.17, 15) is 18.0 Å². The Hall–Kier alpha value is -3.37. The van der Waals surface area contributed by atoms with E-state index in [1.165, 1.54) is 24.1 Å². The van der Waals surface area contributed by atoms with Crippen molar-refractivity contribution < 1.29 is 22.7 Å². The highest BCUT2D eigenvalue weighted by Crippen LogP contribution is 2.27. The van der Waals surface area contributed by atoms with Gasteiger partial charge in [-0.3, -0.25) is 13.9 Å². The van der Waals surface area contributed by atoms with Crippen LogP contribution in [0.3, 0.4) is 0 Å². The van der Waals surface area contributed by atoms with Gasteiger partial charge in [0.15, 0.2) is 0 Å². The lowest BCUT2D eigenvalue weighted by molar-refractivity contribution is -0.139. The summed E-state index contributed by atoms with van der Waals surface area (Å²) in [6, 6.07) is 19.5. The van der Waals surface area contributed by atoms with Crippen LogP contribution in [-0.2, 0) is 26.2 Å². The van der Waals surface area contributed by atoms with Crippen molar-refractivity contribution in [1.82, 2.24) is 10.2 Å². The Morgan fingerprint density at radius 1 is 1.00 bits per heavy atom. The summed E-state index contributed by atoms with van der Waals surface area (Å²) in [6.07, 6.45) is 0. The van der Waals surface area contributed by atoms with E-state index in [0.29, 0.717) is 18.0 Å². The maximum absolute atomic E-state index is 13.8. The maximum Gasteiger partial charge on any atom is 0.264 e. The average molecular weight is 603 g/mol. The number of halogens is 1. The average Bonchev–Trinajstić information content (AvgIpc) is 2.91. The Labute approximate surface area is 232 Å². The molecule has 2 amide bonds. The number of carbonyl (C=O) groups is 2. The summed E-state index contributed by atoms with van der Waals surface area (Å²) in [5, 5.41) is 2.58. The monoisotopic (exact) mass is 601 g/mol. The quantitative estimate of drug-likeness (QED) is 0.349. The highest BCUT2D eigenvalue weighted by atomic mass is 79.9. The second-order valence-corrected chi connectivity index (χ2v) is 11.4. The fourth-order valence-corrected chi connectivity index (χ4v) is 5.58. The van der Waals surface area contributed by atoms with Gasteiger partial charge in [0.05, 0.1) is 17.2 Å². The number of nitrogens with one attached hydrogen (secondary N) is 1. The first-order chi connectivity index (χ1) is 18.1. The van der Waals surface area contributed by atoms with Crippen molar-refractivity contribution in [2.24, 2.45) is 0 Å². The van der Waals surface area contributed by atoms with Gasteiger partial charge in [-0.25, -0.2) is 8.42 Å². The SMILES string of the molecule is CCOc1ccc(N(CC(=O)N(Cc2ccccc2C)C(C)C(=O)NC)S(=O)(=O)c2ccc(Br)cc2)cc1. The van der Waals surface area contributed by atoms with Gasteiger partial charge in [0, 0.05) is 18.1 Å². The fourth-order valence-electron chi connectivity index (χ4n) is 3.90. The molecule has 0 aliphatic rings. The molecule has 38 heavy (non-hydrogen) atoms. The number of hydrogen-bond acceptors (Lipinski definition) is 5. The standard InChI is InChI=1S/C28H32BrN3O5S/c1-5-37-25-14-12-24(13-15-25)32(38(35,36)26-16-10-23(29)11-17-26)19-27(33)31(21(3)28(34)30-4)18-22-9-7-6-8-20(22)2/h6-17,21H,5,18-19H2,1-4H3,(H,30,34). The third-order valence-electron chi connectivity index (χ3n) is 6.13. The molecule has 0 aromatic heterocycles. The largest absolute Gasteiger partial charge is 0.494 e. The fraction of sp³-hybridized carbons (Fsp3) is 0.286. The van der Waals surface area contributed by atoms with Crippen LogP contribution in [0.1, 0.15) is 25.0 Å². The van der Waals surface area contributed by atoms with E-state index in [1.807, 2.05) is 38.1 Å². The summed E-state index contributed by atoms with van der Waals surface area (Å²) < 4.78 is 34.9. The van der Waals surface area contributed by atoms with Gasteiger partial charge >= 0.3 is 0 Å². The van der Waals surface area contributed by atoms with Crippen LogP contribution in [0.2, 0.25) is 0 Å². The molecule has 3 aromatic rings. The topological polar surface area (TPSA) is 96.0 Å². The lowest BCUT2D eigenvalue weighted by Crippen LogP contribution is -2.50. The number of aryl methyl sites for hydroxylation is 1. The molecule has 0 bridgehead atoms. The van der Waals surface area contributed by atoms with Gasteiger partial charge < -0.3 is 15.0 Å². The highest BCUT2D eigenvalue weighted by molar-refractivity contribution is 9.10. The van der Waals surface area contributed by atoms with Crippen LogP contribution in [0.4, 0.5) is 5.69 Å². The van der Waals surface area contributed by atoms with Crippen molar-refractivity contribution in [3.63, 3.8) is 0 Å². The van der Waals surface area contributed by atoms with E-state index in [1.54, 1.807) is 43.3 Å². The van der Waals surface area contributed by atoms with Crippen LogP contribution in [-0.4, -0.2) is 51.4 Å². The first-order valence-corrected chi connectivity index (χ1v) is 14.4. The third-order valence-corrected chi connectivity index (χ3v) is 8.45. The van der Waals surface area contributed by atoms with Gasteiger partial charge in [-0.15, -0.1) is 0 Å². The van der Waals surface area contributed by atoms with Crippen LogP contribution in [0.25, 0.3) is 0 Å². The molecule has 0 heterocycles. The Morgan fingerprint density at radius 3 is 2.21 bits per heavy atom. The number of sulfonamides is 1.